The van der Waals surface area contributed by atoms with Crippen LogP contribution in [0.2, 0.25) is 0 Å². The predicted molar refractivity (Wildman–Crippen MR) is 71.2 cm³/mol. The third kappa shape index (κ3) is 5.32. The lowest BCUT2D eigenvalue weighted by Gasteiger charge is -2.13. The molecule has 100 valence electrons. The average molecular weight is 250 g/mol. The second-order valence-electron chi connectivity index (χ2n) is 4.50. The van der Waals surface area contributed by atoms with Gasteiger partial charge in [0.25, 0.3) is 6.47 Å². The van der Waals surface area contributed by atoms with E-state index < -0.39 is 0 Å². The zero-order valence-electron chi connectivity index (χ0n) is 10.9. The molecule has 3 heteroatoms. The molecule has 2 rings (SSSR count). The Hall–Kier alpha value is -1.35. The Bertz CT molecular complexity index is 324. The van der Waals surface area contributed by atoms with Gasteiger partial charge < -0.3 is 9.84 Å². The highest BCUT2D eigenvalue weighted by atomic mass is 16.5. The van der Waals surface area contributed by atoms with Gasteiger partial charge in [0.05, 0.1) is 12.7 Å². The number of hydrogen-bond acceptors (Lipinski definition) is 3. The van der Waals surface area contributed by atoms with Crippen LogP contribution >= 0.6 is 0 Å². The largest absolute Gasteiger partial charge is 0.468 e. The molecular formula is C15H22O3. The maximum absolute atomic E-state index is 9.65. The van der Waals surface area contributed by atoms with Crippen molar-refractivity contribution in [1.82, 2.24) is 0 Å². The summed E-state index contributed by atoms with van der Waals surface area (Å²) in [5.41, 5.74) is 1.36. The minimum atomic E-state index is -0.0554. The maximum atomic E-state index is 9.65. The van der Waals surface area contributed by atoms with Gasteiger partial charge in [-0.1, -0.05) is 36.8 Å². The number of benzene rings is 1. The highest BCUT2D eigenvalue weighted by molar-refractivity contribution is 5.36. The highest BCUT2D eigenvalue weighted by Crippen LogP contribution is 2.28. The molecule has 0 spiro atoms. The zero-order chi connectivity index (χ0) is 13.2. The first kappa shape index (κ1) is 14.7. The van der Waals surface area contributed by atoms with Crippen molar-refractivity contribution in [2.45, 2.75) is 38.7 Å². The first-order valence-corrected chi connectivity index (χ1v) is 6.55. The molecule has 0 amide bonds. The third-order valence-corrected chi connectivity index (χ3v) is 3.19. The smallest absolute Gasteiger partial charge is 0.293 e. The van der Waals surface area contributed by atoms with Crippen LogP contribution in [0.4, 0.5) is 0 Å². The van der Waals surface area contributed by atoms with Gasteiger partial charge in [-0.15, -0.1) is 0 Å². The summed E-state index contributed by atoms with van der Waals surface area (Å²) >= 11 is 0. The van der Waals surface area contributed by atoms with Gasteiger partial charge in [-0.25, -0.2) is 0 Å². The topological polar surface area (TPSA) is 46.5 Å². The van der Waals surface area contributed by atoms with Crippen molar-refractivity contribution in [3.8, 4) is 0 Å². The van der Waals surface area contributed by atoms with E-state index in [0.29, 0.717) is 19.0 Å². The molecule has 1 N–H and O–H groups in total. The van der Waals surface area contributed by atoms with E-state index >= 15 is 0 Å². The first-order chi connectivity index (χ1) is 8.77. The number of carbonyl (C=O) groups excluding carboxylic acids is 1. The summed E-state index contributed by atoms with van der Waals surface area (Å²) in [6.07, 6.45) is 4.37. The summed E-state index contributed by atoms with van der Waals surface area (Å²) < 4.78 is 4.15. The minimum Gasteiger partial charge on any atom is -0.468 e. The lowest BCUT2D eigenvalue weighted by Crippen LogP contribution is -2.15. The molecule has 1 saturated carbocycles. The molecule has 1 fully saturated rings. The van der Waals surface area contributed by atoms with Crippen molar-refractivity contribution in [3.05, 3.63) is 35.9 Å². The van der Waals surface area contributed by atoms with Crippen LogP contribution < -0.4 is 0 Å². The van der Waals surface area contributed by atoms with E-state index in [0.717, 1.165) is 12.8 Å². The summed E-state index contributed by atoms with van der Waals surface area (Å²) in [5.74, 6) is 0.502. The maximum Gasteiger partial charge on any atom is 0.293 e. The van der Waals surface area contributed by atoms with Gasteiger partial charge in [0.2, 0.25) is 0 Å². The van der Waals surface area contributed by atoms with Crippen LogP contribution in [-0.2, 0) is 16.0 Å². The Labute approximate surface area is 109 Å². The van der Waals surface area contributed by atoms with Crippen LogP contribution in [0, 0.1) is 5.92 Å². The van der Waals surface area contributed by atoms with Crippen LogP contribution in [0.1, 0.15) is 31.7 Å². The van der Waals surface area contributed by atoms with E-state index in [1.807, 2.05) is 6.07 Å². The second-order valence-corrected chi connectivity index (χ2v) is 4.50. The van der Waals surface area contributed by atoms with E-state index in [-0.39, 0.29) is 6.10 Å². The summed E-state index contributed by atoms with van der Waals surface area (Å²) in [5, 5.41) is 9.65. The van der Waals surface area contributed by atoms with Gasteiger partial charge >= 0.3 is 0 Å². The van der Waals surface area contributed by atoms with E-state index in [9.17, 15) is 9.90 Å². The van der Waals surface area contributed by atoms with E-state index in [2.05, 4.69) is 29.0 Å². The molecule has 1 aliphatic rings. The molecule has 0 heterocycles. The van der Waals surface area contributed by atoms with Crippen molar-refractivity contribution >= 4 is 6.47 Å². The molecular weight excluding hydrogens is 228 g/mol. The monoisotopic (exact) mass is 250 g/mol. The molecule has 0 radical (unpaired) electrons. The number of hydrogen-bond donors (Lipinski definition) is 1. The van der Waals surface area contributed by atoms with Crippen molar-refractivity contribution in [1.29, 1.82) is 0 Å². The van der Waals surface area contributed by atoms with Crippen LogP contribution in [0.25, 0.3) is 0 Å². The molecule has 1 aromatic rings. The Kier molecular flexibility index (Phi) is 7.11. The normalized spacial score (nSPS) is 21.9. The quantitative estimate of drug-likeness (QED) is 0.835. The van der Waals surface area contributed by atoms with Crippen molar-refractivity contribution < 1.29 is 14.6 Å². The molecule has 1 aromatic carbocycles. The Morgan fingerprint density at radius 1 is 1.33 bits per heavy atom. The number of rotatable bonds is 4. The van der Waals surface area contributed by atoms with Crippen LogP contribution in [0.3, 0.4) is 0 Å². The van der Waals surface area contributed by atoms with Crippen molar-refractivity contribution in [2.75, 3.05) is 6.61 Å². The fourth-order valence-electron chi connectivity index (χ4n) is 2.24. The third-order valence-electron chi connectivity index (χ3n) is 3.19. The molecule has 0 saturated heterocycles. The van der Waals surface area contributed by atoms with Gasteiger partial charge in [-0.05, 0) is 37.7 Å². The number of aliphatic hydroxyl groups excluding tert-OH is 1. The minimum absolute atomic E-state index is 0.0554. The van der Waals surface area contributed by atoms with Crippen LogP contribution in [0.15, 0.2) is 30.3 Å². The Morgan fingerprint density at radius 2 is 2.06 bits per heavy atom. The standard InChI is InChI=1S/C12H16O.C3H6O2/c13-12-8-4-7-11(12)9-10-5-2-1-3-6-10;1-2-5-3-4/h1-3,5-6,11-13H,4,7-9H2;3H,2H2,1H3. The number of aliphatic hydroxyl groups is 1. The van der Waals surface area contributed by atoms with E-state index in [1.165, 1.54) is 18.4 Å². The molecule has 0 aliphatic heterocycles. The Balaban J connectivity index is 0.000000280. The van der Waals surface area contributed by atoms with Gasteiger partial charge in [0, 0.05) is 0 Å². The average Bonchev–Trinajstić information content (AvgIpc) is 2.78. The van der Waals surface area contributed by atoms with E-state index in [4.69, 9.17) is 0 Å². The summed E-state index contributed by atoms with van der Waals surface area (Å²) in [7, 11) is 0. The molecule has 3 nitrogen and oxygen atoms in total. The summed E-state index contributed by atoms with van der Waals surface area (Å²) in [4.78, 5) is 9.18. The molecule has 0 aromatic heterocycles. The molecule has 0 bridgehead atoms. The fraction of sp³-hybridized carbons (Fsp3) is 0.533. The van der Waals surface area contributed by atoms with Gasteiger partial charge in [0.1, 0.15) is 0 Å². The van der Waals surface area contributed by atoms with Crippen molar-refractivity contribution in [2.24, 2.45) is 5.92 Å². The van der Waals surface area contributed by atoms with Crippen molar-refractivity contribution in [3.63, 3.8) is 0 Å². The zero-order valence-corrected chi connectivity index (χ0v) is 10.9. The highest BCUT2D eigenvalue weighted by Gasteiger charge is 2.24. The second kappa shape index (κ2) is 8.70. The molecule has 1 aliphatic carbocycles. The van der Waals surface area contributed by atoms with Crippen LogP contribution in [-0.4, -0.2) is 24.3 Å². The summed E-state index contributed by atoms with van der Waals surface area (Å²) in [6.45, 7) is 2.66. The number of carbonyl (C=O) groups is 1. The first-order valence-electron chi connectivity index (χ1n) is 6.55. The number of ether oxygens (including phenoxy) is 1. The fourth-order valence-corrected chi connectivity index (χ4v) is 2.24. The predicted octanol–water partition coefficient (Wildman–Crippen LogP) is 2.57. The molecule has 18 heavy (non-hydrogen) atoms. The van der Waals surface area contributed by atoms with Gasteiger partial charge in [-0.3, -0.25) is 4.79 Å². The van der Waals surface area contributed by atoms with Gasteiger partial charge in [0.15, 0.2) is 0 Å². The summed E-state index contributed by atoms with van der Waals surface area (Å²) in [6, 6.07) is 10.5. The lowest BCUT2D eigenvalue weighted by molar-refractivity contribution is -0.128. The SMILES string of the molecule is CCOC=O.OC1CCCC1Cc1ccccc1. The molecule has 2 unspecified atom stereocenters. The van der Waals surface area contributed by atoms with Gasteiger partial charge in [-0.2, -0.15) is 0 Å². The molecule has 2 atom stereocenters. The Morgan fingerprint density at radius 3 is 2.50 bits per heavy atom. The lowest BCUT2D eigenvalue weighted by atomic mass is 9.96. The van der Waals surface area contributed by atoms with E-state index in [1.54, 1.807) is 6.92 Å². The van der Waals surface area contributed by atoms with Crippen LogP contribution in [0.5, 0.6) is 0 Å².